The summed E-state index contributed by atoms with van der Waals surface area (Å²) in [7, 11) is 0. The SMILES string of the molecule is CC(C(=O)N1CCSC(C)(C)C1)C1CNC1. The summed E-state index contributed by atoms with van der Waals surface area (Å²) in [5.41, 5.74) is 0. The molecule has 1 atom stereocenters. The van der Waals surface area contributed by atoms with Gasteiger partial charge in [-0.25, -0.2) is 0 Å². The van der Waals surface area contributed by atoms with E-state index >= 15 is 0 Å². The van der Waals surface area contributed by atoms with E-state index in [-0.39, 0.29) is 10.7 Å². The topological polar surface area (TPSA) is 32.3 Å². The van der Waals surface area contributed by atoms with Crippen LogP contribution in [-0.4, -0.2) is 47.5 Å². The fourth-order valence-electron chi connectivity index (χ4n) is 2.36. The van der Waals surface area contributed by atoms with E-state index in [0.717, 1.165) is 31.9 Å². The third-order valence-corrected chi connectivity index (χ3v) is 4.94. The van der Waals surface area contributed by atoms with Crippen molar-refractivity contribution in [2.45, 2.75) is 25.5 Å². The Kier molecular flexibility index (Phi) is 3.50. The summed E-state index contributed by atoms with van der Waals surface area (Å²) in [6.45, 7) is 10.4. The van der Waals surface area contributed by atoms with Gasteiger partial charge < -0.3 is 10.2 Å². The molecule has 3 nitrogen and oxygen atoms in total. The van der Waals surface area contributed by atoms with Gasteiger partial charge in [0.2, 0.25) is 5.91 Å². The van der Waals surface area contributed by atoms with Gasteiger partial charge in [-0.05, 0) is 32.9 Å². The van der Waals surface area contributed by atoms with Gasteiger partial charge in [0.25, 0.3) is 0 Å². The summed E-state index contributed by atoms with van der Waals surface area (Å²) in [6.07, 6.45) is 0. The molecule has 1 amide bonds. The van der Waals surface area contributed by atoms with Gasteiger partial charge >= 0.3 is 0 Å². The molecule has 0 saturated carbocycles. The molecular formula is C12H22N2OS. The van der Waals surface area contributed by atoms with Gasteiger partial charge in [0.15, 0.2) is 0 Å². The van der Waals surface area contributed by atoms with Gasteiger partial charge in [-0.3, -0.25) is 4.79 Å². The van der Waals surface area contributed by atoms with Crippen molar-refractivity contribution in [1.29, 1.82) is 0 Å². The quantitative estimate of drug-likeness (QED) is 0.789. The van der Waals surface area contributed by atoms with E-state index in [1.165, 1.54) is 0 Å². The molecule has 0 radical (unpaired) electrons. The Labute approximate surface area is 102 Å². The molecule has 0 aliphatic carbocycles. The maximum absolute atomic E-state index is 12.3. The molecule has 2 fully saturated rings. The first-order valence-corrected chi connectivity index (χ1v) is 7.12. The highest BCUT2D eigenvalue weighted by Crippen LogP contribution is 2.31. The molecule has 16 heavy (non-hydrogen) atoms. The molecule has 1 unspecified atom stereocenters. The third kappa shape index (κ3) is 2.54. The second kappa shape index (κ2) is 4.57. The van der Waals surface area contributed by atoms with Crippen molar-refractivity contribution in [3.05, 3.63) is 0 Å². The molecular weight excluding hydrogens is 220 g/mol. The summed E-state index contributed by atoms with van der Waals surface area (Å²) in [5, 5.41) is 3.24. The number of hydrogen-bond donors (Lipinski definition) is 1. The molecule has 2 aliphatic heterocycles. The minimum absolute atomic E-state index is 0.195. The van der Waals surface area contributed by atoms with E-state index in [0.29, 0.717) is 11.8 Å². The normalized spacial score (nSPS) is 27.3. The van der Waals surface area contributed by atoms with Crippen LogP contribution in [0, 0.1) is 11.8 Å². The van der Waals surface area contributed by atoms with Crippen LogP contribution in [0.4, 0.5) is 0 Å². The van der Waals surface area contributed by atoms with E-state index in [9.17, 15) is 4.79 Å². The second-order valence-electron chi connectivity index (χ2n) is 5.57. The zero-order chi connectivity index (χ0) is 11.8. The lowest BCUT2D eigenvalue weighted by molar-refractivity contribution is -0.137. The Morgan fingerprint density at radius 2 is 2.19 bits per heavy atom. The molecule has 1 N–H and O–H groups in total. The van der Waals surface area contributed by atoms with Crippen LogP contribution >= 0.6 is 11.8 Å². The number of hydrogen-bond acceptors (Lipinski definition) is 3. The van der Waals surface area contributed by atoms with Crippen LogP contribution in [0.5, 0.6) is 0 Å². The molecule has 0 bridgehead atoms. The van der Waals surface area contributed by atoms with Crippen LogP contribution in [-0.2, 0) is 4.79 Å². The van der Waals surface area contributed by atoms with Crippen LogP contribution in [0.3, 0.4) is 0 Å². The van der Waals surface area contributed by atoms with Gasteiger partial charge in [0, 0.05) is 29.5 Å². The molecule has 4 heteroatoms. The van der Waals surface area contributed by atoms with Gasteiger partial charge in [0.05, 0.1) is 0 Å². The molecule has 0 spiro atoms. The molecule has 2 rings (SSSR count). The van der Waals surface area contributed by atoms with Crippen molar-refractivity contribution in [3.63, 3.8) is 0 Å². The largest absolute Gasteiger partial charge is 0.340 e. The Balaban J connectivity index is 1.93. The van der Waals surface area contributed by atoms with Crippen molar-refractivity contribution in [3.8, 4) is 0 Å². The smallest absolute Gasteiger partial charge is 0.225 e. The first kappa shape index (κ1) is 12.2. The monoisotopic (exact) mass is 242 g/mol. The molecule has 0 aromatic carbocycles. The first-order valence-electron chi connectivity index (χ1n) is 6.13. The van der Waals surface area contributed by atoms with Crippen LogP contribution in [0.15, 0.2) is 0 Å². The third-order valence-electron chi connectivity index (χ3n) is 3.65. The van der Waals surface area contributed by atoms with Crippen LogP contribution in [0.1, 0.15) is 20.8 Å². The zero-order valence-electron chi connectivity index (χ0n) is 10.5. The predicted molar refractivity (Wildman–Crippen MR) is 68.6 cm³/mol. The Morgan fingerprint density at radius 1 is 1.50 bits per heavy atom. The average Bonchev–Trinajstić information content (AvgIpc) is 2.12. The summed E-state index contributed by atoms with van der Waals surface area (Å²) in [6, 6.07) is 0. The van der Waals surface area contributed by atoms with Crippen molar-refractivity contribution < 1.29 is 4.79 Å². The van der Waals surface area contributed by atoms with Crippen LogP contribution < -0.4 is 5.32 Å². The second-order valence-corrected chi connectivity index (χ2v) is 7.38. The zero-order valence-corrected chi connectivity index (χ0v) is 11.3. The maximum atomic E-state index is 12.3. The highest BCUT2D eigenvalue weighted by molar-refractivity contribution is 8.00. The molecule has 92 valence electrons. The lowest BCUT2D eigenvalue weighted by atomic mass is 9.87. The predicted octanol–water partition coefficient (Wildman–Crippen LogP) is 1.20. The Hall–Kier alpha value is -0.220. The lowest BCUT2D eigenvalue weighted by Crippen LogP contribution is -2.53. The highest BCUT2D eigenvalue weighted by atomic mass is 32.2. The number of rotatable bonds is 2. The molecule has 2 aliphatic rings. The summed E-state index contributed by atoms with van der Waals surface area (Å²) >= 11 is 1.98. The standard InChI is InChI=1S/C12H22N2OS/c1-9(10-6-13-7-10)11(15)14-4-5-16-12(2,3)8-14/h9-10,13H,4-8H2,1-3H3. The summed E-state index contributed by atoms with van der Waals surface area (Å²) in [5.74, 6) is 2.19. The Bertz CT molecular complexity index is 276. The molecule has 2 heterocycles. The fraction of sp³-hybridized carbons (Fsp3) is 0.917. The molecule has 0 aromatic rings. The van der Waals surface area contributed by atoms with E-state index in [1.807, 2.05) is 11.8 Å². The highest BCUT2D eigenvalue weighted by Gasteiger charge is 2.35. The molecule has 0 aromatic heterocycles. The molecule has 2 saturated heterocycles. The van der Waals surface area contributed by atoms with Crippen molar-refractivity contribution in [1.82, 2.24) is 10.2 Å². The van der Waals surface area contributed by atoms with E-state index in [4.69, 9.17) is 0 Å². The lowest BCUT2D eigenvalue weighted by Gasteiger charge is -2.41. The number of nitrogens with one attached hydrogen (secondary N) is 1. The van der Waals surface area contributed by atoms with Gasteiger partial charge in [-0.1, -0.05) is 6.92 Å². The first-order chi connectivity index (χ1) is 7.49. The number of carbonyl (C=O) groups is 1. The summed E-state index contributed by atoms with van der Waals surface area (Å²) in [4.78, 5) is 14.4. The maximum Gasteiger partial charge on any atom is 0.225 e. The van der Waals surface area contributed by atoms with E-state index < -0.39 is 0 Å². The fourth-order valence-corrected chi connectivity index (χ4v) is 3.47. The van der Waals surface area contributed by atoms with E-state index in [1.54, 1.807) is 0 Å². The number of thioether (sulfide) groups is 1. The van der Waals surface area contributed by atoms with Gasteiger partial charge in [-0.2, -0.15) is 11.8 Å². The van der Waals surface area contributed by atoms with Gasteiger partial charge in [0.1, 0.15) is 0 Å². The number of nitrogens with zero attached hydrogens (tertiary/aromatic N) is 1. The number of carbonyl (C=O) groups excluding carboxylic acids is 1. The Morgan fingerprint density at radius 3 is 2.69 bits per heavy atom. The van der Waals surface area contributed by atoms with Crippen molar-refractivity contribution >= 4 is 17.7 Å². The minimum Gasteiger partial charge on any atom is -0.340 e. The number of amides is 1. The average molecular weight is 242 g/mol. The van der Waals surface area contributed by atoms with Crippen LogP contribution in [0.2, 0.25) is 0 Å². The van der Waals surface area contributed by atoms with Crippen molar-refractivity contribution in [2.75, 3.05) is 31.9 Å². The minimum atomic E-state index is 0.195. The van der Waals surface area contributed by atoms with Crippen LogP contribution in [0.25, 0.3) is 0 Å². The van der Waals surface area contributed by atoms with Crippen molar-refractivity contribution in [2.24, 2.45) is 11.8 Å². The van der Waals surface area contributed by atoms with Gasteiger partial charge in [-0.15, -0.1) is 0 Å². The van der Waals surface area contributed by atoms with E-state index in [2.05, 4.69) is 31.0 Å². The summed E-state index contributed by atoms with van der Waals surface area (Å²) < 4.78 is 0.228.